The van der Waals surface area contributed by atoms with Gasteiger partial charge in [-0.15, -0.1) is 0 Å². The van der Waals surface area contributed by atoms with Gasteiger partial charge in [-0.3, -0.25) is 0 Å². The minimum atomic E-state index is 0. The molecule has 0 bridgehead atoms. The predicted octanol–water partition coefficient (Wildman–Crippen LogP) is -1.32. The Labute approximate surface area is 101 Å². The zero-order chi connectivity index (χ0) is 9.26. The quantitative estimate of drug-likeness (QED) is 0.470. The molecule has 2 rings (SSSR count). The van der Waals surface area contributed by atoms with Gasteiger partial charge in [-0.25, -0.2) is 4.57 Å². The van der Waals surface area contributed by atoms with Crippen molar-refractivity contribution >= 4 is 10.8 Å². The number of rotatable bonds is 1. The van der Waals surface area contributed by atoms with Crippen LogP contribution in [-0.4, -0.2) is 7.11 Å². The largest absolute Gasteiger partial charge is 1.00 e. The van der Waals surface area contributed by atoms with Crippen molar-refractivity contribution in [3.8, 4) is 5.75 Å². The fourth-order valence-corrected chi connectivity index (χ4v) is 1.40. The van der Waals surface area contributed by atoms with Crippen molar-refractivity contribution in [3.05, 3.63) is 36.7 Å². The lowest BCUT2D eigenvalue weighted by atomic mass is 10.2. The molecule has 0 N–H and O–H groups in total. The first-order valence-electron chi connectivity index (χ1n) is 4.22. The van der Waals surface area contributed by atoms with Gasteiger partial charge >= 0.3 is 0 Å². The maximum atomic E-state index is 5.15. The van der Waals surface area contributed by atoms with Crippen LogP contribution in [0.15, 0.2) is 36.7 Å². The standard InChI is InChI=1S/C11H12NO.HI/c1-12-6-5-9-7-11(13-2)4-3-10(9)8-12;/h3-8H,1-2H3;1H/q+1;/p-1. The van der Waals surface area contributed by atoms with Crippen molar-refractivity contribution in [3.63, 3.8) is 0 Å². The van der Waals surface area contributed by atoms with Crippen molar-refractivity contribution in [1.82, 2.24) is 0 Å². The SMILES string of the molecule is COc1ccc2c[n+](C)ccc2c1.[I-]. The van der Waals surface area contributed by atoms with E-state index >= 15 is 0 Å². The number of benzene rings is 1. The normalized spacial score (nSPS) is 9.57. The number of fused-ring (bicyclic) bond motifs is 1. The van der Waals surface area contributed by atoms with Crippen LogP contribution in [0.1, 0.15) is 0 Å². The molecule has 0 saturated heterocycles. The molecule has 1 aromatic carbocycles. The lowest BCUT2D eigenvalue weighted by Gasteiger charge is -2.00. The van der Waals surface area contributed by atoms with Crippen LogP contribution in [0.5, 0.6) is 5.75 Å². The first-order chi connectivity index (χ1) is 6.29. The summed E-state index contributed by atoms with van der Waals surface area (Å²) in [5.74, 6) is 0.904. The number of hydrogen-bond acceptors (Lipinski definition) is 1. The molecule has 2 nitrogen and oxygen atoms in total. The van der Waals surface area contributed by atoms with Crippen molar-refractivity contribution in [1.29, 1.82) is 0 Å². The molecule has 0 fully saturated rings. The van der Waals surface area contributed by atoms with Crippen LogP contribution in [0, 0.1) is 0 Å². The van der Waals surface area contributed by atoms with E-state index in [0.29, 0.717) is 0 Å². The average Bonchev–Trinajstić information content (AvgIpc) is 2.17. The van der Waals surface area contributed by atoms with Gasteiger partial charge in [0, 0.05) is 11.5 Å². The fourth-order valence-electron chi connectivity index (χ4n) is 1.40. The van der Waals surface area contributed by atoms with E-state index in [-0.39, 0.29) is 24.0 Å². The predicted molar refractivity (Wildman–Crippen MR) is 51.7 cm³/mol. The Hall–Kier alpha value is -0.840. The van der Waals surface area contributed by atoms with E-state index in [9.17, 15) is 0 Å². The highest BCUT2D eigenvalue weighted by Crippen LogP contribution is 2.18. The minimum absolute atomic E-state index is 0. The maximum absolute atomic E-state index is 5.15. The molecule has 1 heterocycles. The van der Waals surface area contributed by atoms with Gasteiger partial charge in [0.05, 0.1) is 7.11 Å². The van der Waals surface area contributed by atoms with Gasteiger partial charge in [0.2, 0.25) is 0 Å². The van der Waals surface area contributed by atoms with E-state index in [0.717, 1.165) is 5.75 Å². The summed E-state index contributed by atoms with van der Waals surface area (Å²) in [5.41, 5.74) is 0. The number of methoxy groups -OCH3 is 1. The first-order valence-corrected chi connectivity index (χ1v) is 4.22. The molecule has 0 radical (unpaired) electrons. The molecule has 14 heavy (non-hydrogen) atoms. The van der Waals surface area contributed by atoms with Gasteiger partial charge in [0.25, 0.3) is 0 Å². The number of halogens is 1. The second-order valence-electron chi connectivity index (χ2n) is 3.11. The number of nitrogens with zero attached hydrogens (tertiary/aromatic N) is 1. The minimum Gasteiger partial charge on any atom is -1.00 e. The van der Waals surface area contributed by atoms with Crippen molar-refractivity contribution in [2.45, 2.75) is 0 Å². The van der Waals surface area contributed by atoms with Crippen LogP contribution < -0.4 is 33.3 Å². The van der Waals surface area contributed by atoms with Crippen LogP contribution in [-0.2, 0) is 7.05 Å². The molecule has 0 saturated carbocycles. The van der Waals surface area contributed by atoms with E-state index in [4.69, 9.17) is 4.74 Å². The molecular formula is C11H12INO. The second-order valence-corrected chi connectivity index (χ2v) is 3.11. The van der Waals surface area contributed by atoms with Crippen LogP contribution in [0.25, 0.3) is 10.8 Å². The lowest BCUT2D eigenvalue weighted by molar-refractivity contribution is -0.670. The van der Waals surface area contributed by atoms with Crippen molar-refractivity contribution in [2.75, 3.05) is 7.11 Å². The molecule has 0 aliphatic carbocycles. The summed E-state index contributed by atoms with van der Waals surface area (Å²) in [7, 11) is 3.70. The molecule has 1 aromatic heterocycles. The average molecular weight is 301 g/mol. The molecule has 0 aliphatic heterocycles. The maximum Gasteiger partial charge on any atom is 0.176 e. The Kier molecular flexibility index (Phi) is 3.69. The zero-order valence-corrected chi connectivity index (χ0v) is 10.4. The summed E-state index contributed by atoms with van der Waals surface area (Å²) < 4.78 is 7.18. The number of aryl methyl sites for hydroxylation is 1. The van der Waals surface area contributed by atoms with E-state index in [1.165, 1.54) is 10.8 Å². The van der Waals surface area contributed by atoms with Crippen LogP contribution in [0.3, 0.4) is 0 Å². The van der Waals surface area contributed by atoms with Crippen molar-refractivity contribution < 1.29 is 33.3 Å². The third-order valence-corrected chi connectivity index (χ3v) is 2.13. The van der Waals surface area contributed by atoms with Gasteiger partial charge in [0.15, 0.2) is 12.4 Å². The number of pyridine rings is 1. The highest BCUT2D eigenvalue weighted by Gasteiger charge is 1.99. The van der Waals surface area contributed by atoms with Gasteiger partial charge in [-0.1, -0.05) is 0 Å². The topological polar surface area (TPSA) is 13.1 Å². The van der Waals surface area contributed by atoms with E-state index in [1.54, 1.807) is 7.11 Å². The van der Waals surface area contributed by atoms with Crippen LogP contribution in [0.2, 0.25) is 0 Å². The molecule has 0 unspecified atom stereocenters. The summed E-state index contributed by atoms with van der Waals surface area (Å²) >= 11 is 0. The molecule has 0 spiro atoms. The van der Waals surface area contributed by atoms with Gasteiger partial charge in [-0.05, 0) is 23.6 Å². The molecule has 3 heteroatoms. The lowest BCUT2D eigenvalue weighted by Crippen LogP contribution is -3.00. The third-order valence-electron chi connectivity index (χ3n) is 2.13. The fraction of sp³-hybridized carbons (Fsp3) is 0.182. The Balaban J connectivity index is 0.000000980. The van der Waals surface area contributed by atoms with E-state index in [1.807, 2.05) is 29.9 Å². The second kappa shape index (κ2) is 4.59. The molecule has 2 aromatic rings. The highest BCUT2D eigenvalue weighted by molar-refractivity contribution is 5.82. The highest BCUT2D eigenvalue weighted by atomic mass is 127. The number of hydrogen-bond donors (Lipinski definition) is 0. The van der Waals surface area contributed by atoms with Crippen LogP contribution in [0.4, 0.5) is 0 Å². The van der Waals surface area contributed by atoms with E-state index < -0.39 is 0 Å². The molecule has 74 valence electrons. The number of aromatic nitrogens is 1. The summed E-state index contributed by atoms with van der Waals surface area (Å²) in [6, 6.07) is 8.16. The van der Waals surface area contributed by atoms with Gasteiger partial charge < -0.3 is 28.7 Å². The molecule has 0 amide bonds. The smallest absolute Gasteiger partial charge is 0.176 e. The Morgan fingerprint density at radius 1 is 1.14 bits per heavy atom. The summed E-state index contributed by atoms with van der Waals surface area (Å²) in [4.78, 5) is 0. The molecule has 0 atom stereocenters. The van der Waals surface area contributed by atoms with E-state index in [2.05, 4.69) is 18.3 Å². The zero-order valence-electron chi connectivity index (χ0n) is 8.20. The first kappa shape index (κ1) is 11.2. The number of ether oxygens (including phenoxy) is 1. The summed E-state index contributed by atoms with van der Waals surface area (Å²) in [6.45, 7) is 0. The Morgan fingerprint density at radius 3 is 2.64 bits per heavy atom. The molecular weight excluding hydrogens is 289 g/mol. The molecule has 0 aliphatic rings. The Morgan fingerprint density at radius 2 is 1.93 bits per heavy atom. The third kappa shape index (κ3) is 2.15. The Bertz CT molecular complexity index is 442. The van der Waals surface area contributed by atoms with Gasteiger partial charge in [0.1, 0.15) is 12.8 Å². The monoisotopic (exact) mass is 301 g/mol. The van der Waals surface area contributed by atoms with Crippen LogP contribution >= 0.6 is 0 Å². The summed E-state index contributed by atoms with van der Waals surface area (Å²) in [5, 5.41) is 2.43. The van der Waals surface area contributed by atoms with Gasteiger partial charge in [-0.2, -0.15) is 0 Å². The summed E-state index contributed by atoms with van der Waals surface area (Å²) in [6.07, 6.45) is 4.12. The van der Waals surface area contributed by atoms with Crippen molar-refractivity contribution in [2.24, 2.45) is 7.05 Å².